The second kappa shape index (κ2) is 6.08. The second-order valence-corrected chi connectivity index (χ2v) is 20.5. The summed E-state index contributed by atoms with van der Waals surface area (Å²) in [4.78, 5) is 6.81. The molecule has 0 fully saturated rings. The molecule has 0 saturated heterocycles. The van der Waals surface area contributed by atoms with Crippen LogP contribution in [0.1, 0.15) is 0 Å². The van der Waals surface area contributed by atoms with E-state index in [4.69, 9.17) is 21.1 Å². The molecule has 0 saturated carbocycles. The fraction of sp³-hybridized carbons (Fsp3) is 0.333. The van der Waals surface area contributed by atoms with Gasteiger partial charge in [0.15, 0.2) is 0 Å². The maximum absolute atomic E-state index is 13.8. The molecule has 108 valence electrons. The Balaban J connectivity index is 2.72. The van der Waals surface area contributed by atoms with E-state index in [-0.39, 0.29) is 17.6 Å². The minimum atomic E-state index is -2.47. The van der Waals surface area contributed by atoms with Crippen molar-refractivity contribution in [1.82, 2.24) is 0 Å². The van der Waals surface area contributed by atoms with Crippen LogP contribution in [0.3, 0.4) is 0 Å². The first-order valence-corrected chi connectivity index (χ1v) is 16.8. The summed E-state index contributed by atoms with van der Waals surface area (Å²) in [6.07, 6.45) is 0. The molecule has 0 aliphatic rings. The van der Waals surface area contributed by atoms with Gasteiger partial charge in [0, 0.05) is 0 Å². The van der Waals surface area contributed by atoms with E-state index in [0.29, 0.717) is 0 Å². The summed E-state index contributed by atoms with van der Waals surface area (Å²) < 4.78 is 25.4. The van der Waals surface area contributed by atoms with Gasteiger partial charge in [-0.3, -0.25) is 0 Å². The molecule has 0 aromatic heterocycles. The van der Waals surface area contributed by atoms with Crippen molar-refractivity contribution in [2.24, 2.45) is 0 Å². The Kier molecular flexibility index (Phi) is 4.82. The molecule has 2 rings (SSSR count). The number of ether oxygens (including phenoxy) is 2. The predicted molar refractivity (Wildman–Crippen MR) is 84.4 cm³/mol. The van der Waals surface area contributed by atoms with Gasteiger partial charge in [-0.15, -0.1) is 0 Å². The van der Waals surface area contributed by atoms with E-state index in [1.54, 1.807) is 13.2 Å². The van der Waals surface area contributed by atoms with Crippen molar-refractivity contribution >= 4 is 44.3 Å². The molecule has 2 nitrogen and oxygen atoms in total. The summed E-state index contributed by atoms with van der Waals surface area (Å²) in [7, 11) is 1.58. The topological polar surface area (TPSA) is 18.5 Å². The first kappa shape index (κ1) is 15.9. The molecule has 0 bridgehead atoms. The molecule has 0 heterocycles. The molecule has 2 aromatic rings. The molecule has 0 aliphatic heterocycles. The van der Waals surface area contributed by atoms with Gasteiger partial charge >= 0.3 is 128 Å². The van der Waals surface area contributed by atoms with Crippen LogP contribution in [0, 0.1) is 5.82 Å². The van der Waals surface area contributed by atoms with E-state index in [1.807, 2.05) is 12.1 Å². The summed E-state index contributed by atoms with van der Waals surface area (Å²) in [5.74, 6) is 0.366. The average molecular weight is 403 g/mol. The summed E-state index contributed by atoms with van der Waals surface area (Å²) in [6.45, 7) is 0.194. The molecule has 20 heavy (non-hydrogen) atoms. The van der Waals surface area contributed by atoms with E-state index in [0.717, 1.165) is 20.1 Å². The number of rotatable bonds is 4. The van der Waals surface area contributed by atoms with Crippen molar-refractivity contribution in [3.8, 4) is 5.75 Å². The van der Waals surface area contributed by atoms with E-state index in [2.05, 4.69) is 14.8 Å². The molecule has 0 unspecified atom stereocenters. The van der Waals surface area contributed by atoms with Gasteiger partial charge in [0.05, 0.1) is 0 Å². The third kappa shape index (κ3) is 3.21. The summed E-state index contributed by atoms with van der Waals surface area (Å²) >= 11 is 3.72. The number of methoxy groups -OCH3 is 1. The zero-order valence-electron chi connectivity index (χ0n) is 12.1. The number of hydrogen-bond donors (Lipinski definition) is 0. The van der Waals surface area contributed by atoms with Gasteiger partial charge in [-0.1, -0.05) is 0 Å². The molecule has 2 aromatic carbocycles. The Morgan fingerprint density at radius 1 is 1.20 bits per heavy atom. The van der Waals surface area contributed by atoms with Gasteiger partial charge in [0.25, 0.3) is 0 Å². The van der Waals surface area contributed by atoms with E-state index < -0.39 is 18.4 Å². The van der Waals surface area contributed by atoms with Crippen LogP contribution in [0.5, 0.6) is 5.75 Å². The van der Waals surface area contributed by atoms with Crippen molar-refractivity contribution in [1.29, 1.82) is 0 Å². The average Bonchev–Trinajstić information content (AvgIpc) is 2.39. The Bertz CT molecular complexity index is 638. The Morgan fingerprint density at radius 3 is 2.50 bits per heavy atom. The predicted octanol–water partition coefficient (Wildman–Crippen LogP) is 4.16. The normalized spacial score (nSPS) is 11.9. The fourth-order valence-electron chi connectivity index (χ4n) is 2.17. The number of halogens is 2. The minimum absolute atomic E-state index is 0.194. The monoisotopic (exact) mass is 404 g/mol. The van der Waals surface area contributed by atoms with Crippen LogP contribution in [0.15, 0.2) is 24.3 Å². The molecule has 0 aliphatic carbocycles. The zero-order chi connectivity index (χ0) is 14.9. The van der Waals surface area contributed by atoms with E-state index in [1.165, 1.54) is 6.07 Å². The Hall–Kier alpha value is -0.521. The van der Waals surface area contributed by atoms with Crippen LogP contribution in [0.4, 0.5) is 4.39 Å². The van der Waals surface area contributed by atoms with Gasteiger partial charge in [0.1, 0.15) is 0 Å². The van der Waals surface area contributed by atoms with Crippen LogP contribution >= 0.6 is 11.6 Å². The van der Waals surface area contributed by atoms with Crippen molar-refractivity contribution in [3.63, 3.8) is 0 Å². The molecule has 5 heteroatoms. The molecule has 0 spiro atoms. The van der Waals surface area contributed by atoms with Crippen molar-refractivity contribution in [3.05, 3.63) is 35.1 Å². The standard InChI is InChI=1S/C12H9ClFO2.3CH3.Sn/c1-15-7-16-9-3-4-10-8(6-9)2-5-11(14)12(10)13;;;;/h2-3,5-6H,7H2,1H3;3*1H3;. The van der Waals surface area contributed by atoms with Crippen molar-refractivity contribution in [2.75, 3.05) is 13.9 Å². The quantitative estimate of drug-likeness (QED) is 0.564. The second-order valence-electron chi connectivity index (χ2n) is 5.73. The zero-order valence-corrected chi connectivity index (χ0v) is 15.7. The van der Waals surface area contributed by atoms with Crippen LogP contribution in [-0.2, 0) is 4.74 Å². The first-order valence-electron chi connectivity index (χ1n) is 6.38. The van der Waals surface area contributed by atoms with E-state index >= 15 is 0 Å². The first-order chi connectivity index (χ1) is 9.34. The molecule has 0 radical (unpaired) electrons. The third-order valence-electron chi connectivity index (χ3n) is 3.13. The summed E-state index contributed by atoms with van der Waals surface area (Å²) in [6, 6.07) is 7.01. The third-order valence-corrected chi connectivity index (χ3v) is 9.24. The van der Waals surface area contributed by atoms with Crippen LogP contribution in [-0.4, -0.2) is 32.3 Å². The van der Waals surface area contributed by atoms with Gasteiger partial charge in [0.2, 0.25) is 0 Å². The van der Waals surface area contributed by atoms with Crippen LogP contribution in [0.25, 0.3) is 10.8 Å². The molecular weight excluding hydrogens is 385 g/mol. The number of benzene rings is 2. The summed E-state index contributed by atoms with van der Waals surface area (Å²) in [5, 5.41) is 1.95. The van der Waals surface area contributed by atoms with Crippen LogP contribution < -0.4 is 8.32 Å². The molecular formula is C15H18ClFO2Sn. The van der Waals surface area contributed by atoms with Gasteiger partial charge < -0.3 is 0 Å². The SMILES string of the molecule is COCOc1c[c]([Sn]([CH3])([CH3])[CH3])c2c(Cl)c(F)ccc2c1. The Labute approximate surface area is 127 Å². The van der Waals surface area contributed by atoms with Crippen molar-refractivity contribution < 1.29 is 13.9 Å². The van der Waals surface area contributed by atoms with Crippen molar-refractivity contribution in [2.45, 2.75) is 14.8 Å². The molecule has 0 N–H and O–H groups in total. The molecule has 0 atom stereocenters. The maximum atomic E-state index is 13.8. The van der Waals surface area contributed by atoms with Crippen LogP contribution in [0.2, 0.25) is 19.8 Å². The van der Waals surface area contributed by atoms with Gasteiger partial charge in [-0.2, -0.15) is 0 Å². The summed E-state index contributed by atoms with van der Waals surface area (Å²) in [5.41, 5.74) is 0. The number of fused-ring (bicyclic) bond motifs is 1. The van der Waals surface area contributed by atoms with E-state index in [9.17, 15) is 4.39 Å². The number of hydrogen-bond acceptors (Lipinski definition) is 2. The Morgan fingerprint density at radius 2 is 1.90 bits per heavy atom. The molecule has 0 amide bonds. The van der Waals surface area contributed by atoms with Gasteiger partial charge in [-0.25, -0.2) is 0 Å². The van der Waals surface area contributed by atoms with Gasteiger partial charge in [-0.05, 0) is 0 Å². The fourth-order valence-corrected chi connectivity index (χ4v) is 7.22.